The van der Waals surface area contributed by atoms with E-state index >= 15 is 0 Å². The molecule has 0 saturated carbocycles. The van der Waals surface area contributed by atoms with E-state index in [1.165, 1.54) is 18.3 Å². The first-order valence-corrected chi connectivity index (χ1v) is 8.86. The molecular formula is C18H17N5O3S. The summed E-state index contributed by atoms with van der Waals surface area (Å²) in [6.45, 7) is 4.83. The van der Waals surface area contributed by atoms with Gasteiger partial charge in [0.25, 0.3) is 5.91 Å². The summed E-state index contributed by atoms with van der Waals surface area (Å²) >= 11 is 1.37. The number of ether oxygens (including phenoxy) is 1. The summed E-state index contributed by atoms with van der Waals surface area (Å²) in [7, 11) is 0. The molecule has 138 valence electrons. The summed E-state index contributed by atoms with van der Waals surface area (Å²) in [5, 5.41) is 7.24. The lowest BCUT2D eigenvalue weighted by molar-refractivity contribution is -0.131. The Morgan fingerprint density at radius 3 is 2.63 bits per heavy atom. The summed E-state index contributed by atoms with van der Waals surface area (Å²) in [6, 6.07) is 6.80. The van der Waals surface area contributed by atoms with E-state index in [1.807, 2.05) is 13.0 Å². The summed E-state index contributed by atoms with van der Waals surface area (Å²) in [5.41, 5.74) is 1.52. The molecule has 2 N–H and O–H groups in total. The third-order valence-electron chi connectivity index (χ3n) is 3.40. The van der Waals surface area contributed by atoms with Crippen molar-refractivity contribution in [1.29, 1.82) is 0 Å². The molecule has 0 aromatic carbocycles. The third kappa shape index (κ3) is 4.64. The van der Waals surface area contributed by atoms with Crippen molar-refractivity contribution in [1.82, 2.24) is 15.0 Å². The van der Waals surface area contributed by atoms with E-state index in [0.717, 1.165) is 10.7 Å². The smallest absolute Gasteiger partial charge is 0.308 e. The number of aryl methyl sites for hydroxylation is 2. The fourth-order valence-corrected chi connectivity index (χ4v) is 3.13. The number of hydrogen-bond acceptors (Lipinski definition) is 8. The van der Waals surface area contributed by atoms with Gasteiger partial charge in [0.15, 0.2) is 11.4 Å². The highest BCUT2D eigenvalue weighted by atomic mass is 32.1. The summed E-state index contributed by atoms with van der Waals surface area (Å²) in [4.78, 5) is 36.3. The Morgan fingerprint density at radius 2 is 1.96 bits per heavy atom. The number of carbonyl (C=O) groups excluding carboxylic acids is 2. The summed E-state index contributed by atoms with van der Waals surface area (Å²) in [5.74, 6) is -0.131. The fourth-order valence-electron chi connectivity index (χ4n) is 2.29. The van der Waals surface area contributed by atoms with Gasteiger partial charge in [-0.2, -0.15) is 0 Å². The zero-order valence-electron chi connectivity index (χ0n) is 14.9. The Balaban J connectivity index is 1.78. The topological polar surface area (TPSA) is 106 Å². The highest BCUT2D eigenvalue weighted by molar-refractivity contribution is 7.16. The number of carbonyl (C=O) groups is 2. The van der Waals surface area contributed by atoms with E-state index in [4.69, 9.17) is 4.74 Å². The van der Waals surface area contributed by atoms with Crippen molar-refractivity contribution in [2.75, 3.05) is 10.6 Å². The molecule has 3 rings (SSSR count). The molecule has 0 aliphatic rings. The van der Waals surface area contributed by atoms with Crippen LogP contribution in [0, 0.1) is 13.8 Å². The van der Waals surface area contributed by atoms with Crippen LogP contribution in [0.25, 0.3) is 0 Å². The van der Waals surface area contributed by atoms with Crippen molar-refractivity contribution >= 4 is 39.7 Å². The van der Waals surface area contributed by atoms with Crippen LogP contribution in [0.5, 0.6) is 5.75 Å². The second-order valence-corrected chi connectivity index (χ2v) is 6.81. The van der Waals surface area contributed by atoms with Gasteiger partial charge < -0.3 is 15.4 Å². The second kappa shape index (κ2) is 7.92. The molecule has 0 unspecified atom stereocenters. The molecule has 8 nitrogen and oxygen atoms in total. The molecule has 0 radical (unpaired) electrons. The minimum absolute atomic E-state index is 0.268. The number of anilines is 3. The Kier molecular flexibility index (Phi) is 5.41. The maximum atomic E-state index is 12.7. The molecule has 3 heterocycles. The van der Waals surface area contributed by atoms with E-state index in [-0.39, 0.29) is 5.69 Å². The lowest BCUT2D eigenvalue weighted by atomic mass is 10.3. The fraction of sp³-hybridized carbons (Fsp3) is 0.167. The molecule has 3 aromatic heterocycles. The van der Waals surface area contributed by atoms with Gasteiger partial charge in [0.1, 0.15) is 10.8 Å². The van der Waals surface area contributed by atoms with Gasteiger partial charge in [0, 0.05) is 13.1 Å². The van der Waals surface area contributed by atoms with Crippen molar-refractivity contribution in [3.8, 4) is 5.75 Å². The van der Waals surface area contributed by atoms with E-state index in [2.05, 4.69) is 25.6 Å². The summed E-state index contributed by atoms with van der Waals surface area (Å²) in [6.07, 6.45) is 3.33. The molecule has 0 saturated heterocycles. The number of hydrogen-bond donors (Lipinski definition) is 2. The molecule has 27 heavy (non-hydrogen) atoms. The van der Waals surface area contributed by atoms with Gasteiger partial charge in [-0.1, -0.05) is 0 Å². The van der Waals surface area contributed by atoms with Crippen molar-refractivity contribution in [3.05, 3.63) is 53.1 Å². The van der Waals surface area contributed by atoms with Gasteiger partial charge in [-0.05, 0) is 38.1 Å². The minimum Gasteiger partial charge on any atom is -0.425 e. The molecule has 0 spiro atoms. The van der Waals surface area contributed by atoms with Gasteiger partial charge in [0.2, 0.25) is 0 Å². The zero-order chi connectivity index (χ0) is 19.4. The number of esters is 1. The predicted octanol–water partition coefficient (Wildman–Crippen LogP) is 3.47. The highest BCUT2D eigenvalue weighted by Gasteiger charge is 2.18. The Labute approximate surface area is 159 Å². The van der Waals surface area contributed by atoms with Gasteiger partial charge in [-0.25, -0.2) is 9.97 Å². The van der Waals surface area contributed by atoms with Crippen LogP contribution >= 0.6 is 11.3 Å². The first-order valence-electron chi connectivity index (χ1n) is 8.04. The number of thiazole rings is 1. The number of aromatic nitrogens is 3. The number of rotatable bonds is 5. The third-order valence-corrected chi connectivity index (χ3v) is 4.29. The molecule has 0 fully saturated rings. The van der Waals surface area contributed by atoms with Crippen LogP contribution in [0.2, 0.25) is 0 Å². The lowest BCUT2D eigenvalue weighted by Gasteiger charge is -2.09. The van der Waals surface area contributed by atoms with Crippen molar-refractivity contribution < 1.29 is 14.3 Å². The molecule has 0 aliphatic heterocycles. The summed E-state index contributed by atoms with van der Waals surface area (Å²) < 4.78 is 5.04. The molecular weight excluding hydrogens is 366 g/mol. The molecule has 3 aromatic rings. The van der Waals surface area contributed by atoms with Crippen molar-refractivity contribution in [3.63, 3.8) is 0 Å². The Morgan fingerprint density at radius 1 is 1.15 bits per heavy atom. The monoisotopic (exact) mass is 383 g/mol. The van der Waals surface area contributed by atoms with Gasteiger partial charge >= 0.3 is 5.97 Å². The first-order chi connectivity index (χ1) is 12.9. The number of nitrogens with zero attached hydrogens (tertiary/aromatic N) is 3. The second-order valence-electron chi connectivity index (χ2n) is 5.61. The van der Waals surface area contributed by atoms with Crippen LogP contribution in [0.1, 0.15) is 28.1 Å². The minimum atomic E-state index is -0.430. The van der Waals surface area contributed by atoms with E-state index in [1.54, 1.807) is 37.5 Å². The largest absolute Gasteiger partial charge is 0.425 e. The maximum Gasteiger partial charge on any atom is 0.308 e. The van der Waals surface area contributed by atoms with Gasteiger partial charge in [-0.15, -0.1) is 11.3 Å². The van der Waals surface area contributed by atoms with Gasteiger partial charge in [-0.3, -0.25) is 14.6 Å². The molecule has 9 heteroatoms. The van der Waals surface area contributed by atoms with Crippen LogP contribution in [-0.4, -0.2) is 26.8 Å². The normalized spacial score (nSPS) is 10.3. The SMILES string of the molecule is CC(=O)Oc1ccc(NC(=O)c2nc(C)sc2Nc2cccnc2)nc1C. The van der Waals surface area contributed by atoms with Crippen LogP contribution < -0.4 is 15.4 Å². The van der Waals surface area contributed by atoms with Gasteiger partial charge in [0.05, 0.1) is 22.6 Å². The van der Waals surface area contributed by atoms with E-state index in [9.17, 15) is 9.59 Å². The van der Waals surface area contributed by atoms with E-state index < -0.39 is 11.9 Å². The average molecular weight is 383 g/mol. The zero-order valence-corrected chi connectivity index (χ0v) is 15.8. The maximum absolute atomic E-state index is 12.7. The van der Waals surface area contributed by atoms with Crippen LogP contribution in [0.15, 0.2) is 36.7 Å². The standard InChI is InChI=1S/C18H17N5O3S/c1-10-14(26-12(3)24)6-7-15(20-10)23-17(25)16-18(27-11(2)21-16)22-13-5-4-8-19-9-13/h4-9,22H,1-3H3,(H,20,23,25). The molecule has 0 aliphatic carbocycles. The highest BCUT2D eigenvalue weighted by Crippen LogP contribution is 2.28. The molecule has 0 bridgehead atoms. The van der Waals surface area contributed by atoms with E-state index in [0.29, 0.717) is 22.3 Å². The first kappa shape index (κ1) is 18.5. The Bertz CT molecular complexity index is 988. The van der Waals surface area contributed by atoms with Crippen molar-refractivity contribution in [2.24, 2.45) is 0 Å². The Hall–Kier alpha value is -3.33. The number of nitrogens with one attached hydrogen (secondary N) is 2. The molecule has 1 amide bonds. The number of amides is 1. The molecule has 0 atom stereocenters. The number of pyridine rings is 2. The predicted molar refractivity (Wildman–Crippen MR) is 103 cm³/mol. The van der Waals surface area contributed by atoms with Crippen LogP contribution in [0.3, 0.4) is 0 Å². The quantitative estimate of drug-likeness (QED) is 0.650. The lowest BCUT2D eigenvalue weighted by Crippen LogP contribution is -2.15. The van der Waals surface area contributed by atoms with Crippen LogP contribution in [0.4, 0.5) is 16.5 Å². The van der Waals surface area contributed by atoms with Crippen LogP contribution in [-0.2, 0) is 4.79 Å². The average Bonchev–Trinajstić information content (AvgIpc) is 2.98. The van der Waals surface area contributed by atoms with Crippen molar-refractivity contribution in [2.45, 2.75) is 20.8 Å².